The zero-order valence-electron chi connectivity index (χ0n) is 10.3. The summed E-state index contributed by atoms with van der Waals surface area (Å²) < 4.78 is 11.4. The van der Waals surface area contributed by atoms with E-state index in [0.717, 1.165) is 11.5 Å². The summed E-state index contributed by atoms with van der Waals surface area (Å²) in [6.07, 6.45) is 0.248. The zero-order valence-corrected chi connectivity index (χ0v) is 11.1. The van der Waals surface area contributed by atoms with Gasteiger partial charge in [-0.1, -0.05) is 12.1 Å². The van der Waals surface area contributed by atoms with Gasteiger partial charge in [-0.3, -0.25) is 0 Å². The van der Waals surface area contributed by atoms with Gasteiger partial charge in [0, 0.05) is 10.6 Å². The lowest BCUT2D eigenvalue weighted by Crippen LogP contribution is -2.45. The minimum absolute atomic E-state index is 0.0358. The van der Waals surface area contributed by atoms with E-state index in [0.29, 0.717) is 6.61 Å². The molecule has 0 aliphatic carbocycles. The van der Waals surface area contributed by atoms with Crippen molar-refractivity contribution in [3.8, 4) is 5.75 Å². The maximum Gasteiger partial charge on any atom is 0.133 e. The number of thioether (sulfide) groups is 1. The number of hydrogen-bond donors (Lipinski definition) is 1. The average Bonchev–Trinajstić information content (AvgIpc) is 2.35. The lowest BCUT2D eigenvalue weighted by molar-refractivity contribution is 0.0423. The average molecular weight is 253 g/mol. The molecule has 2 rings (SSSR count). The van der Waals surface area contributed by atoms with Gasteiger partial charge < -0.3 is 15.2 Å². The van der Waals surface area contributed by atoms with E-state index in [9.17, 15) is 0 Å². The van der Waals surface area contributed by atoms with Crippen LogP contribution in [-0.4, -0.2) is 30.6 Å². The van der Waals surface area contributed by atoms with E-state index < -0.39 is 0 Å². The first kappa shape index (κ1) is 12.7. The van der Waals surface area contributed by atoms with Crippen LogP contribution in [0, 0.1) is 0 Å². The quantitative estimate of drug-likeness (QED) is 0.894. The molecule has 0 fully saturated rings. The van der Waals surface area contributed by atoms with Crippen LogP contribution < -0.4 is 10.5 Å². The maximum atomic E-state index is 6.09. The summed E-state index contributed by atoms with van der Waals surface area (Å²) in [7, 11) is 0. The Balaban J connectivity index is 1.93. The molecule has 0 saturated carbocycles. The van der Waals surface area contributed by atoms with Crippen LogP contribution in [0.25, 0.3) is 0 Å². The number of hydrogen-bond acceptors (Lipinski definition) is 4. The highest BCUT2D eigenvalue weighted by Gasteiger charge is 2.25. The molecule has 2 unspecified atom stereocenters. The fourth-order valence-corrected chi connectivity index (χ4v) is 2.75. The number of benzene rings is 1. The van der Waals surface area contributed by atoms with Gasteiger partial charge in [-0.05, 0) is 26.0 Å². The standard InChI is InChI=1S/C13H19NO2S/c1-9(2)15-7-10(14)12-8-17-13-6-4-3-5-11(13)16-12/h3-6,9-10,12H,7-8,14H2,1-2H3. The van der Waals surface area contributed by atoms with Crippen LogP contribution in [0.15, 0.2) is 29.2 Å². The van der Waals surface area contributed by atoms with Crippen LogP contribution >= 0.6 is 11.8 Å². The normalized spacial score (nSPS) is 20.8. The van der Waals surface area contributed by atoms with Gasteiger partial charge in [-0.25, -0.2) is 0 Å². The Morgan fingerprint density at radius 1 is 1.47 bits per heavy atom. The van der Waals surface area contributed by atoms with Crippen LogP contribution in [0.2, 0.25) is 0 Å². The van der Waals surface area contributed by atoms with E-state index in [4.69, 9.17) is 15.2 Å². The third kappa shape index (κ3) is 3.37. The van der Waals surface area contributed by atoms with Gasteiger partial charge in [0.1, 0.15) is 11.9 Å². The van der Waals surface area contributed by atoms with Crippen molar-refractivity contribution in [2.24, 2.45) is 5.73 Å². The van der Waals surface area contributed by atoms with E-state index in [1.807, 2.05) is 32.0 Å². The molecule has 4 heteroatoms. The van der Waals surface area contributed by atoms with Gasteiger partial charge in [0.2, 0.25) is 0 Å². The van der Waals surface area contributed by atoms with Crippen LogP contribution in [-0.2, 0) is 4.74 Å². The molecule has 0 radical (unpaired) electrons. The van der Waals surface area contributed by atoms with Crippen molar-refractivity contribution in [2.45, 2.75) is 37.0 Å². The molecule has 0 bridgehead atoms. The molecule has 1 aliphatic heterocycles. The Hall–Kier alpha value is -0.710. The Bertz CT molecular complexity index is 370. The van der Waals surface area contributed by atoms with Crippen molar-refractivity contribution in [1.82, 2.24) is 0 Å². The van der Waals surface area contributed by atoms with Crippen molar-refractivity contribution in [3.63, 3.8) is 0 Å². The van der Waals surface area contributed by atoms with Gasteiger partial charge in [0.25, 0.3) is 0 Å². The SMILES string of the molecule is CC(C)OCC(N)C1CSc2ccccc2O1. The van der Waals surface area contributed by atoms with Crippen molar-refractivity contribution in [2.75, 3.05) is 12.4 Å². The molecule has 1 aromatic carbocycles. The maximum absolute atomic E-state index is 6.09. The van der Waals surface area contributed by atoms with Crippen molar-refractivity contribution in [3.05, 3.63) is 24.3 Å². The zero-order chi connectivity index (χ0) is 12.3. The van der Waals surface area contributed by atoms with Gasteiger partial charge in [-0.2, -0.15) is 0 Å². The molecule has 3 nitrogen and oxygen atoms in total. The van der Waals surface area contributed by atoms with Crippen LogP contribution in [0.5, 0.6) is 5.75 Å². The number of fused-ring (bicyclic) bond motifs is 1. The van der Waals surface area contributed by atoms with Gasteiger partial charge in [-0.15, -0.1) is 11.8 Å². The molecule has 2 N–H and O–H groups in total. The summed E-state index contributed by atoms with van der Waals surface area (Å²) in [5.41, 5.74) is 6.09. The molecule has 0 amide bonds. The Kier molecular flexibility index (Phi) is 4.31. The van der Waals surface area contributed by atoms with E-state index in [2.05, 4.69) is 6.07 Å². The second-order valence-corrected chi connectivity index (χ2v) is 5.52. The lowest BCUT2D eigenvalue weighted by atomic mass is 10.2. The molecule has 1 heterocycles. The van der Waals surface area contributed by atoms with Crippen LogP contribution in [0.4, 0.5) is 0 Å². The molecule has 17 heavy (non-hydrogen) atoms. The molecular formula is C13H19NO2S. The highest BCUT2D eigenvalue weighted by molar-refractivity contribution is 7.99. The summed E-state index contributed by atoms with van der Waals surface area (Å²) >= 11 is 1.80. The fourth-order valence-electron chi connectivity index (χ4n) is 1.66. The minimum atomic E-state index is -0.0711. The number of para-hydroxylation sites is 1. The van der Waals surface area contributed by atoms with E-state index in [1.54, 1.807) is 11.8 Å². The van der Waals surface area contributed by atoms with Gasteiger partial charge >= 0.3 is 0 Å². The molecule has 1 aliphatic rings. The van der Waals surface area contributed by atoms with E-state index in [-0.39, 0.29) is 18.2 Å². The summed E-state index contributed by atoms with van der Waals surface area (Å²) in [5, 5.41) is 0. The summed E-state index contributed by atoms with van der Waals surface area (Å²) in [4.78, 5) is 1.20. The van der Waals surface area contributed by atoms with Crippen LogP contribution in [0.1, 0.15) is 13.8 Å². The summed E-state index contributed by atoms with van der Waals surface area (Å²) in [6.45, 7) is 4.57. The van der Waals surface area contributed by atoms with E-state index >= 15 is 0 Å². The minimum Gasteiger partial charge on any atom is -0.487 e. The van der Waals surface area contributed by atoms with E-state index in [1.165, 1.54) is 4.90 Å². The molecule has 0 aromatic heterocycles. The molecule has 1 aromatic rings. The van der Waals surface area contributed by atoms with Crippen molar-refractivity contribution < 1.29 is 9.47 Å². The predicted octanol–water partition coefficient (Wildman–Crippen LogP) is 2.29. The highest BCUT2D eigenvalue weighted by Crippen LogP contribution is 2.35. The third-order valence-corrected chi connectivity index (χ3v) is 3.77. The van der Waals surface area contributed by atoms with Crippen LogP contribution in [0.3, 0.4) is 0 Å². The molecular weight excluding hydrogens is 234 g/mol. The third-order valence-electron chi connectivity index (χ3n) is 2.63. The van der Waals surface area contributed by atoms with Gasteiger partial charge in [0.15, 0.2) is 0 Å². The first-order valence-corrected chi connectivity index (χ1v) is 6.91. The molecule has 0 saturated heterocycles. The Morgan fingerprint density at radius 2 is 2.24 bits per heavy atom. The number of nitrogens with two attached hydrogens (primary N) is 1. The Labute approximate surface area is 107 Å². The number of ether oxygens (including phenoxy) is 2. The largest absolute Gasteiger partial charge is 0.487 e. The summed E-state index contributed by atoms with van der Waals surface area (Å²) in [5.74, 6) is 1.83. The smallest absolute Gasteiger partial charge is 0.133 e. The first-order chi connectivity index (χ1) is 8.16. The highest BCUT2D eigenvalue weighted by atomic mass is 32.2. The predicted molar refractivity (Wildman–Crippen MR) is 70.6 cm³/mol. The number of rotatable bonds is 4. The van der Waals surface area contributed by atoms with Crippen molar-refractivity contribution >= 4 is 11.8 Å². The second kappa shape index (κ2) is 5.76. The molecule has 2 atom stereocenters. The fraction of sp³-hybridized carbons (Fsp3) is 0.538. The van der Waals surface area contributed by atoms with Crippen molar-refractivity contribution in [1.29, 1.82) is 0 Å². The summed E-state index contributed by atoms with van der Waals surface area (Å²) in [6, 6.07) is 8.00. The topological polar surface area (TPSA) is 44.5 Å². The first-order valence-electron chi connectivity index (χ1n) is 5.92. The second-order valence-electron chi connectivity index (χ2n) is 4.46. The lowest BCUT2D eigenvalue weighted by Gasteiger charge is -2.30. The molecule has 0 spiro atoms. The molecule has 94 valence electrons. The van der Waals surface area contributed by atoms with Gasteiger partial charge in [0.05, 0.1) is 18.8 Å². The Morgan fingerprint density at radius 3 is 3.00 bits per heavy atom. The monoisotopic (exact) mass is 253 g/mol.